The molecule has 2 atom stereocenters. The first kappa shape index (κ1) is 23.6. The predicted octanol–water partition coefficient (Wildman–Crippen LogP) is -1.30. The number of hydrogen-bond donors (Lipinski definition) is 3. The van der Waals surface area contributed by atoms with E-state index in [-0.39, 0.29) is 41.0 Å². The lowest BCUT2D eigenvalue weighted by molar-refractivity contribution is -0.150. The Hall–Kier alpha value is -4.01. The minimum atomic E-state index is -1.35. The van der Waals surface area contributed by atoms with Crippen molar-refractivity contribution in [1.29, 1.82) is 0 Å². The summed E-state index contributed by atoms with van der Waals surface area (Å²) in [5, 5.41) is 17.3. The Bertz CT molecular complexity index is 1070. The van der Waals surface area contributed by atoms with Crippen molar-refractivity contribution in [3.8, 4) is 0 Å². The van der Waals surface area contributed by atoms with Crippen molar-refractivity contribution in [3.05, 3.63) is 29.4 Å². The van der Waals surface area contributed by atoms with E-state index < -0.39 is 35.2 Å². The zero-order chi connectivity index (χ0) is 24.1. The highest BCUT2D eigenvalue weighted by atomic mass is 32.2. The summed E-state index contributed by atoms with van der Waals surface area (Å²) in [6.45, 7) is 0.929. The second-order valence-electron chi connectivity index (χ2n) is 6.55. The minimum Gasteiger partial charge on any atom is -0.477 e. The molecule has 174 valence electrons. The first-order valence-corrected chi connectivity index (χ1v) is 10.3. The van der Waals surface area contributed by atoms with Gasteiger partial charge in [-0.1, -0.05) is 5.16 Å². The molecule has 0 aliphatic carbocycles. The molecule has 33 heavy (non-hydrogen) atoms. The molecule has 1 aromatic heterocycles. The Morgan fingerprint density at radius 3 is 2.82 bits per heavy atom. The average molecular weight is 478 g/mol. The van der Waals surface area contributed by atoms with Crippen LogP contribution in [0.25, 0.3) is 0 Å². The van der Waals surface area contributed by atoms with Gasteiger partial charge in [-0.15, -0.1) is 11.8 Å². The molecule has 2 aliphatic heterocycles. The van der Waals surface area contributed by atoms with Gasteiger partial charge < -0.3 is 25.3 Å². The molecule has 1 saturated heterocycles. The summed E-state index contributed by atoms with van der Waals surface area (Å²) in [4.78, 5) is 72.7. The van der Waals surface area contributed by atoms with E-state index in [9.17, 15) is 29.1 Å². The fraction of sp³-hybridized carbons (Fsp3) is 0.333. The van der Waals surface area contributed by atoms with Crippen LogP contribution in [-0.2, 0) is 33.5 Å². The highest BCUT2D eigenvalue weighted by Gasteiger charge is 2.54. The van der Waals surface area contributed by atoms with Gasteiger partial charge in [0.05, 0.1) is 0 Å². The second-order valence-corrected chi connectivity index (χ2v) is 7.65. The van der Waals surface area contributed by atoms with Crippen molar-refractivity contribution in [2.45, 2.75) is 18.3 Å². The van der Waals surface area contributed by atoms with Gasteiger partial charge in [0.2, 0.25) is 12.1 Å². The van der Waals surface area contributed by atoms with E-state index in [0.717, 1.165) is 4.90 Å². The van der Waals surface area contributed by atoms with Crippen LogP contribution >= 0.6 is 11.8 Å². The molecule has 14 nitrogen and oxygen atoms in total. The van der Waals surface area contributed by atoms with Crippen LogP contribution in [0.3, 0.4) is 0 Å². The molecule has 1 unspecified atom stereocenters. The lowest BCUT2D eigenvalue weighted by atomic mass is 10.0. The quantitative estimate of drug-likeness (QED) is 0.126. The van der Waals surface area contributed by atoms with E-state index in [4.69, 9.17) is 4.74 Å². The van der Waals surface area contributed by atoms with Crippen molar-refractivity contribution >= 4 is 53.5 Å². The molecule has 15 heteroatoms. The number of carboxylic acid groups (broad SMARTS) is 1. The number of β-lactam (4-membered cyclic amide) rings is 1. The number of ether oxygens (including phenoxy) is 1. The molecule has 0 spiro atoms. The molecule has 3 rings (SSSR count). The number of thioether (sulfide) groups is 1. The number of rotatable bonds is 9. The smallest absolute Gasteiger partial charge is 0.352 e. The highest BCUT2D eigenvalue weighted by molar-refractivity contribution is 8.00. The predicted molar refractivity (Wildman–Crippen MR) is 112 cm³/mol. The van der Waals surface area contributed by atoms with E-state index in [1.807, 2.05) is 0 Å². The van der Waals surface area contributed by atoms with Gasteiger partial charge in [0, 0.05) is 24.4 Å². The third kappa shape index (κ3) is 4.92. The zero-order valence-corrected chi connectivity index (χ0v) is 18.1. The van der Waals surface area contributed by atoms with Gasteiger partial charge in [-0.2, -0.15) is 0 Å². The normalized spacial score (nSPS) is 19.8. The molecular formula is C18H18N6O8S. The first-order valence-electron chi connectivity index (χ1n) is 9.27. The van der Waals surface area contributed by atoms with Crippen LogP contribution < -0.4 is 10.6 Å². The summed E-state index contributed by atoms with van der Waals surface area (Å²) in [5.41, 5.74) is -0.368. The molecule has 3 N–H and O–H groups in total. The van der Waals surface area contributed by atoms with Gasteiger partial charge in [0.25, 0.3) is 11.8 Å². The Morgan fingerprint density at radius 1 is 1.42 bits per heavy atom. The number of esters is 1. The lowest BCUT2D eigenvalue weighted by Crippen LogP contribution is -2.71. The van der Waals surface area contributed by atoms with Crippen LogP contribution in [0.2, 0.25) is 0 Å². The summed E-state index contributed by atoms with van der Waals surface area (Å²) in [6, 6.07) is 0.338. The standard InChI is InChI=1S/C18H18N6O8S/c1-8(26)32-5-9-6-33-17-12(16(28)24(17)13(9)18(29)30)22-15(27)11(23-31-2)14-19-4-3-10(21-14)20-7-25/h3-4,7,12,17H,5-6H2,1-2H3,(H,22,27)(H,29,30)(H,19,20,21,25)/t12?,17-/m1/s1. The van der Waals surface area contributed by atoms with Gasteiger partial charge in [-0.05, 0) is 6.07 Å². The summed E-state index contributed by atoms with van der Waals surface area (Å²) in [6.07, 6.45) is 1.68. The summed E-state index contributed by atoms with van der Waals surface area (Å²) < 4.78 is 4.88. The number of fused-ring (bicyclic) bond motifs is 1. The molecule has 0 aromatic carbocycles. The van der Waals surface area contributed by atoms with Crippen molar-refractivity contribution in [1.82, 2.24) is 20.2 Å². The summed E-state index contributed by atoms with van der Waals surface area (Å²) in [7, 11) is 1.20. The van der Waals surface area contributed by atoms with Crippen molar-refractivity contribution in [3.63, 3.8) is 0 Å². The number of oxime groups is 1. The Morgan fingerprint density at radius 2 is 2.18 bits per heavy atom. The van der Waals surface area contributed by atoms with E-state index in [1.54, 1.807) is 0 Å². The number of hydrogen-bond acceptors (Lipinski definition) is 11. The van der Waals surface area contributed by atoms with Crippen molar-refractivity contribution in [2.75, 3.05) is 24.8 Å². The monoisotopic (exact) mass is 478 g/mol. The average Bonchev–Trinajstić information content (AvgIpc) is 2.78. The van der Waals surface area contributed by atoms with E-state index in [1.165, 1.54) is 38.1 Å². The number of carboxylic acids is 1. The van der Waals surface area contributed by atoms with Crippen LogP contribution in [0, 0.1) is 0 Å². The molecule has 1 fully saturated rings. The first-order chi connectivity index (χ1) is 15.8. The topological polar surface area (TPSA) is 189 Å². The molecule has 3 amide bonds. The Balaban J connectivity index is 1.79. The number of anilines is 1. The highest BCUT2D eigenvalue weighted by Crippen LogP contribution is 2.40. The molecule has 0 radical (unpaired) electrons. The van der Waals surface area contributed by atoms with Crippen LogP contribution in [0.4, 0.5) is 5.82 Å². The van der Waals surface area contributed by atoms with Crippen molar-refractivity contribution < 1.29 is 38.7 Å². The maximum absolute atomic E-state index is 12.8. The van der Waals surface area contributed by atoms with Gasteiger partial charge in [-0.3, -0.25) is 24.1 Å². The Labute approximate surface area is 190 Å². The van der Waals surface area contributed by atoms with E-state index >= 15 is 0 Å². The fourth-order valence-corrected chi connectivity index (χ4v) is 4.41. The van der Waals surface area contributed by atoms with Gasteiger partial charge in [-0.25, -0.2) is 14.8 Å². The fourth-order valence-electron chi connectivity index (χ4n) is 3.08. The number of aliphatic carboxylic acids is 1. The Kier molecular flexibility index (Phi) is 7.22. The van der Waals surface area contributed by atoms with E-state index in [2.05, 4.69) is 30.6 Å². The second kappa shape index (κ2) is 10.1. The van der Waals surface area contributed by atoms with Crippen LogP contribution in [0.15, 0.2) is 28.7 Å². The largest absolute Gasteiger partial charge is 0.477 e. The SMILES string of the molecule is CON=C(C(=O)NC1C(=O)N2C(C(=O)O)=C(COC(C)=O)CS[C@H]12)c1nccc(NC=O)n1. The zero-order valence-electron chi connectivity index (χ0n) is 17.3. The van der Waals surface area contributed by atoms with Gasteiger partial charge >= 0.3 is 11.9 Å². The molecule has 0 saturated carbocycles. The molecule has 1 aromatic rings. The molecule has 3 heterocycles. The van der Waals surface area contributed by atoms with Gasteiger partial charge in [0.15, 0.2) is 5.82 Å². The number of amides is 3. The summed E-state index contributed by atoms with van der Waals surface area (Å²) in [5.74, 6) is -3.32. The minimum absolute atomic E-state index is 0.108. The molecular weight excluding hydrogens is 460 g/mol. The maximum Gasteiger partial charge on any atom is 0.352 e. The molecule has 0 bridgehead atoms. The third-order valence-corrected chi connectivity index (χ3v) is 5.80. The van der Waals surface area contributed by atoms with Crippen LogP contribution in [0.1, 0.15) is 12.7 Å². The van der Waals surface area contributed by atoms with Crippen LogP contribution in [-0.4, -0.2) is 86.7 Å². The molecule has 2 aliphatic rings. The number of carbonyl (C=O) groups is 5. The van der Waals surface area contributed by atoms with E-state index in [0.29, 0.717) is 6.41 Å². The summed E-state index contributed by atoms with van der Waals surface area (Å²) >= 11 is 1.20. The van der Waals surface area contributed by atoms with Gasteiger partial charge in [0.1, 0.15) is 36.6 Å². The third-order valence-electron chi connectivity index (χ3n) is 4.46. The van der Waals surface area contributed by atoms with Crippen LogP contribution in [0.5, 0.6) is 0 Å². The van der Waals surface area contributed by atoms with Crippen molar-refractivity contribution in [2.24, 2.45) is 5.16 Å². The number of aromatic nitrogens is 2. The maximum atomic E-state index is 12.8. The number of nitrogens with zero attached hydrogens (tertiary/aromatic N) is 4. The lowest BCUT2D eigenvalue weighted by Gasteiger charge is -2.49. The number of carbonyl (C=O) groups excluding carboxylic acids is 4. The number of nitrogens with one attached hydrogen (secondary N) is 2.